The Kier molecular flexibility index (Phi) is 1.63. The van der Waals surface area contributed by atoms with Crippen LogP contribution in [0.1, 0.15) is 32.6 Å². The molecule has 0 spiro atoms. The normalized spacial score (nSPS) is 42.1. The monoisotopic (exact) mass is 196 g/mol. The zero-order valence-corrected chi connectivity index (χ0v) is 8.53. The Hall–Kier alpha value is 0.850. The van der Waals surface area contributed by atoms with E-state index < -0.39 is 8.00 Å². The largest absolute Gasteiger partial charge is 0.263 e. The maximum absolute atomic E-state index is 11.2. The van der Waals surface area contributed by atoms with Gasteiger partial charge in [-0.15, -0.1) is 0 Å². The molecule has 0 radical (unpaired) electrons. The molecule has 4 heteroatoms. The molecule has 0 saturated carbocycles. The highest BCUT2D eigenvalue weighted by Gasteiger charge is 2.80. The van der Waals surface area contributed by atoms with E-state index >= 15 is 0 Å². The highest BCUT2D eigenvalue weighted by Crippen LogP contribution is 2.94. The lowest BCUT2D eigenvalue weighted by atomic mass is 10.2. The number of unbranched alkanes of at least 4 members (excludes halogenated alkanes) is 2. The van der Waals surface area contributed by atoms with Crippen LogP contribution in [0.15, 0.2) is 0 Å². The van der Waals surface area contributed by atoms with Gasteiger partial charge in [0.05, 0.1) is 0 Å². The molecule has 2 aliphatic rings. The highest BCUT2D eigenvalue weighted by molar-refractivity contribution is 9.38. The van der Waals surface area contributed by atoms with Crippen molar-refractivity contribution in [1.29, 1.82) is 0 Å². The van der Waals surface area contributed by atoms with Crippen molar-refractivity contribution in [2.45, 2.75) is 36.0 Å². The zero-order valence-electron chi connectivity index (χ0n) is 6.00. The van der Waals surface area contributed by atoms with Gasteiger partial charge < -0.3 is 0 Å². The third-order valence-corrected chi connectivity index (χ3v) is 13.3. The summed E-state index contributed by atoms with van der Waals surface area (Å²) in [4.78, 5) is 0. The van der Waals surface area contributed by atoms with Gasteiger partial charge in [0.1, 0.15) is 0 Å². The van der Waals surface area contributed by atoms with Crippen LogP contribution in [0.25, 0.3) is 0 Å². The Balaban J connectivity index is 1.70. The first-order valence-electron chi connectivity index (χ1n) is 3.74. The number of hydrogen-bond acceptors (Lipinski definition) is 3. The summed E-state index contributed by atoms with van der Waals surface area (Å²) in [7, 11) is 1.92. The first-order valence-corrected chi connectivity index (χ1v) is 8.29. The van der Waals surface area contributed by atoms with Crippen LogP contribution in [0, 0.1) is 0 Å². The van der Waals surface area contributed by atoms with Gasteiger partial charge in [-0.05, 0) is 28.0 Å². The molecule has 0 aromatic rings. The third-order valence-electron chi connectivity index (χ3n) is 1.97. The summed E-state index contributed by atoms with van der Waals surface area (Å²) in [5.41, 5.74) is 0. The van der Waals surface area contributed by atoms with Crippen LogP contribution in [0.4, 0.5) is 0 Å². The first kappa shape index (κ1) is 7.50. The van der Waals surface area contributed by atoms with Crippen LogP contribution in [-0.4, -0.2) is 7.62 Å². The van der Waals surface area contributed by atoms with Crippen molar-refractivity contribution in [2.75, 3.05) is 0 Å². The summed E-state index contributed by atoms with van der Waals surface area (Å²) in [5.74, 6) is 0. The van der Waals surface area contributed by atoms with Crippen molar-refractivity contribution >= 4 is 29.6 Å². The molecule has 0 atom stereocenters. The second kappa shape index (κ2) is 2.17. The molecule has 0 N–H and O–H groups in total. The van der Waals surface area contributed by atoms with E-state index in [2.05, 4.69) is 6.92 Å². The van der Waals surface area contributed by atoms with Crippen molar-refractivity contribution in [3.63, 3.8) is 0 Å². The van der Waals surface area contributed by atoms with Gasteiger partial charge in [0.25, 0.3) is 0 Å². The topological polar surface area (TPSA) is 17.1 Å². The Morgan fingerprint density at radius 1 is 1.40 bits per heavy atom. The quantitative estimate of drug-likeness (QED) is 0.322. The van der Waals surface area contributed by atoms with Crippen LogP contribution in [0.5, 0.6) is 0 Å². The predicted molar refractivity (Wildman–Crippen MR) is 51.6 cm³/mol. The molecule has 0 bridgehead atoms. The fourth-order valence-corrected chi connectivity index (χ4v) is 11.7. The van der Waals surface area contributed by atoms with E-state index in [9.17, 15) is 4.21 Å². The molecule has 0 aliphatic carbocycles. The van der Waals surface area contributed by atoms with Gasteiger partial charge in [-0.2, -0.15) is 0 Å². The van der Waals surface area contributed by atoms with Gasteiger partial charge >= 0.3 is 0 Å². The lowest BCUT2D eigenvalue weighted by Crippen LogP contribution is -1.87. The minimum Gasteiger partial charge on any atom is -0.263 e. The molecule has 0 aromatic carbocycles. The van der Waals surface area contributed by atoms with E-state index in [1.165, 1.54) is 25.7 Å². The third kappa shape index (κ3) is 0.959. The summed E-state index contributed by atoms with van der Waals surface area (Å²) < 4.78 is 11.5. The van der Waals surface area contributed by atoms with Gasteiger partial charge in [0.15, 0.2) is 3.41 Å². The molecule has 2 aliphatic heterocycles. The molecule has 1 nitrogen and oxygen atoms in total. The summed E-state index contributed by atoms with van der Waals surface area (Å²) in [6, 6.07) is 0. The Morgan fingerprint density at radius 2 is 2.00 bits per heavy atom. The molecule has 0 aromatic heterocycles. The number of thiol groups is 1. The fraction of sp³-hybridized carbons (Fsp3) is 1.00. The Bertz CT molecular complexity index is 191. The van der Waals surface area contributed by atoms with Crippen molar-refractivity contribution in [3.05, 3.63) is 0 Å². The SMILES string of the molecule is CCCCCC12S[SH]1(=O)S2. The minimum atomic E-state index is -1.56. The number of rotatable bonds is 4. The molecule has 0 unspecified atom stereocenters. The summed E-state index contributed by atoms with van der Waals surface area (Å²) in [5, 5.41) is 0. The standard InChI is InChI=1S/C6H12OS3/c1-2-3-4-5-6-8-10(6,7)9-6/h10H,2-5H2,1H3. The van der Waals surface area contributed by atoms with Crippen LogP contribution >= 0.6 is 21.6 Å². The first-order chi connectivity index (χ1) is 4.72. The van der Waals surface area contributed by atoms with E-state index in [1.807, 2.05) is 0 Å². The van der Waals surface area contributed by atoms with Crippen molar-refractivity contribution in [2.24, 2.45) is 0 Å². The summed E-state index contributed by atoms with van der Waals surface area (Å²) in [6.45, 7) is 2.21. The van der Waals surface area contributed by atoms with E-state index in [0.29, 0.717) is 3.41 Å². The molecule has 60 valence electrons. The van der Waals surface area contributed by atoms with Gasteiger partial charge in [0, 0.05) is 8.00 Å². The van der Waals surface area contributed by atoms with E-state index in [4.69, 9.17) is 0 Å². The molecule has 0 amide bonds. The second-order valence-electron chi connectivity index (χ2n) is 2.85. The van der Waals surface area contributed by atoms with Crippen LogP contribution in [0.3, 0.4) is 0 Å². The zero-order chi connectivity index (χ0) is 7.24. The minimum absolute atomic E-state index is 0.294. The van der Waals surface area contributed by atoms with Gasteiger partial charge in [0.2, 0.25) is 0 Å². The average Bonchev–Trinajstić information content (AvgIpc) is 2.54. The fourth-order valence-electron chi connectivity index (χ4n) is 1.17. The van der Waals surface area contributed by atoms with E-state index in [0.717, 1.165) is 0 Å². The lowest BCUT2D eigenvalue weighted by Gasteiger charge is -1.94. The Labute approximate surface area is 69.9 Å². The molecular formula is C6H12OS3. The molecule has 2 rings (SSSR count). The smallest absolute Gasteiger partial charge is 0.153 e. The van der Waals surface area contributed by atoms with Crippen molar-refractivity contribution < 1.29 is 4.21 Å². The summed E-state index contributed by atoms with van der Waals surface area (Å²) >= 11 is 0. The maximum atomic E-state index is 11.2. The highest BCUT2D eigenvalue weighted by atomic mass is 33.6. The summed E-state index contributed by atoms with van der Waals surface area (Å²) in [6.07, 6.45) is 5.06. The van der Waals surface area contributed by atoms with E-state index in [1.54, 1.807) is 21.6 Å². The molecular weight excluding hydrogens is 184 g/mol. The van der Waals surface area contributed by atoms with Crippen molar-refractivity contribution in [1.82, 2.24) is 0 Å². The maximum Gasteiger partial charge on any atom is 0.153 e. The number of hydrogen-bond donors (Lipinski definition) is 1. The molecule has 2 heterocycles. The van der Waals surface area contributed by atoms with Crippen LogP contribution in [-0.2, 0) is 8.00 Å². The second-order valence-corrected chi connectivity index (χ2v) is 12.1. The Morgan fingerprint density at radius 3 is 2.40 bits per heavy atom. The number of fused-ring (bicyclic) bond motifs is 1. The molecule has 2 saturated heterocycles. The van der Waals surface area contributed by atoms with Gasteiger partial charge in [-0.1, -0.05) is 26.2 Å². The van der Waals surface area contributed by atoms with Crippen molar-refractivity contribution in [3.8, 4) is 0 Å². The van der Waals surface area contributed by atoms with E-state index in [-0.39, 0.29) is 0 Å². The molecule has 2 fully saturated rings. The lowest BCUT2D eigenvalue weighted by molar-refractivity contribution is 0.674. The van der Waals surface area contributed by atoms with Crippen LogP contribution < -0.4 is 0 Å². The average molecular weight is 196 g/mol. The molecule has 10 heavy (non-hydrogen) atoms. The van der Waals surface area contributed by atoms with Gasteiger partial charge in [-0.25, -0.2) is 0 Å². The van der Waals surface area contributed by atoms with Crippen LogP contribution in [0.2, 0.25) is 0 Å². The van der Waals surface area contributed by atoms with Gasteiger partial charge in [-0.3, -0.25) is 4.21 Å². The predicted octanol–water partition coefficient (Wildman–Crippen LogP) is 2.56.